The molecule has 0 saturated heterocycles. The second-order valence-corrected chi connectivity index (χ2v) is 7.06. The van der Waals surface area contributed by atoms with Gasteiger partial charge in [0.05, 0.1) is 13.0 Å². The fourth-order valence-corrected chi connectivity index (χ4v) is 3.61. The summed E-state index contributed by atoms with van der Waals surface area (Å²) in [5.74, 6) is 1.55. The molecule has 2 rings (SSSR count). The van der Waals surface area contributed by atoms with Crippen molar-refractivity contribution in [3.63, 3.8) is 0 Å². The van der Waals surface area contributed by atoms with E-state index < -0.39 is 0 Å². The van der Waals surface area contributed by atoms with Crippen LogP contribution in [-0.2, 0) is 21.8 Å². The van der Waals surface area contributed by atoms with E-state index in [0.717, 1.165) is 17.1 Å². The lowest BCUT2D eigenvalue weighted by Gasteiger charge is -2.07. The summed E-state index contributed by atoms with van der Waals surface area (Å²) < 4.78 is 0. The van der Waals surface area contributed by atoms with Gasteiger partial charge in [-0.3, -0.25) is 9.59 Å². The fourth-order valence-electron chi connectivity index (χ4n) is 1.92. The van der Waals surface area contributed by atoms with Gasteiger partial charge in [0, 0.05) is 22.9 Å². The number of benzene rings is 1. The summed E-state index contributed by atoms with van der Waals surface area (Å²) >= 11 is 3.53. The fraction of sp³-hybridized carbons (Fsp3) is 0.294. The molecule has 1 aromatic heterocycles. The summed E-state index contributed by atoms with van der Waals surface area (Å²) in [6.07, 6.45) is 0.296. The molecule has 2 N–H and O–H groups in total. The minimum Gasteiger partial charge on any atom is -0.354 e. The Balaban J connectivity index is 1.52. The van der Waals surface area contributed by atoms with E-state index in [1.807, 2.05) is 36.4 Å². The monoisotopic (exact) mass is 348 g/mol. The van der Waals surface area contributed by atoms with Gasteiger partial charge in [0.15, 0.2) is 0 Å². The zero-order valence-electron chi connectivity index (χ0n) is 12.8. The van der Waals surface area contributed by atoms with Gasteiger partial charge in [-0.15, -0.1) is 11.3 Å². The van der Waals surface area contributed by atoms with Gasteiger partial charge in [-0.05, 0) is 17.0 Å². The predicted octanol–water partition coefficient (Wildman–Crippen LogP) is 2.46. The van der Waals surface area contributed by atoms with Crippen LogP contribution in [0, 0.1) is 0 Å². The standard InChI is InChI=1S/C17H20N2O2S2/c20-16(11-14-5-2-1-3-6-14)19-12-17(21)18-8-10-22-13-15-7-4-9-23-15/h1-7,9H,8,10-13H2,(H,18,21)(H,19,20). The zero-order valence-corrected chi connectivity index (χ0v) is 14.4. The van der Waals surface area contributed by atoms with Crippen molar-refractivity contribution in [2.75, 3.05) is 18.8 Å². The molecule has 2 aromatic rings. The molecule has 0 aliphatic heterocycles. The average Bonchev–Trinajstić information content (AvgIpc) is 3.07. The molecule has 6 heteroatoms. The van der Waals surface area contributed by atoms with E-state index in [1.165, 1.54) is 4.88 Å². The Bertz CT molecular complexity index is 600. The summed E-state index contributed by atoms with van der Waals surface area (Å²) in [6, 6.07) is 13.6. The summed E-state index contributed by atoms with van der Waals surface area (Å²) in [7, 11) is 0. The molecule has 0 aliphatic rings. The summed E-state index contributed by atoms with van der Waals surface area (Å²) in [5.41, 5.74) is 0.940. The molecule has 122 valence electrons. The quantitative estimate of drug-likeness (QED) is 0.685. The number of thiophene rings is 1. The van der Waals surface area contributed by atoms with E-state index in [0.29, 0.717) is 13.0 Å². The summed E-state index contributed by atoms with van der Waals surface area (Å²) in [5, 5.41) is 7.51. The molecule has 0 radical (unpaired) electrons. The highest BCUT2D eigenvalue weighted by Crippen LogP contribution is 2.16. The SMILES string of the molecule is O=C(CNC(=O)Cc1ccccc1)NCCSCc1cccs1. The predicted molar refractivity (Wildman–Crippen MR) is 96.6 cm³/mol. The Morgan fingerprint density at radius 3 is 2.57 bits per heavy atom. The molecule has 0 spiro atoms. The number of rotatable bonds is 9. The van der Waals surface area contributed by atoms with Crippen LogP contribution in [0.2, 0.25) is 0 Å². The van der Waals surface area contributed by atoms with Crippen molar-refractivity contribution in [1.82, 2.24) is 10.6 Å². The molecule has 0 atom stereocenters. The molecule has 0 aliphatic carbocycles. The molecule has 0 saturated carbocycles. The third-order valence-corrected chi connectivity index (χ3v) is 5.11. The topological polar surface area (TPSA) is 58.2 Å². The molecule has 4 nitrogen and oxygen atoms in total. The summed E-state index contributed by atoms with van der Waals surface area (Å²) in [4.78, 5) is 24.7. The van der Waals surface area contributed by atoms with Crippen LogP contribution in [-0.4, -0.2) is 30.7 Å². The van der Waals surface area contributed by atoms with Gasteiger partial charge in [-0.1, -0.05) is 36.4 Å². The highest BCUT2D eigenvalue weighted by atomic mass is 32.2. The van der Waals surface area contributed by atoms with Crippen LogP contribution in [0.15, 0.2) is 47.8 Å². The van der Waals surface area contributed by atoms with Gasteiger partial charge < -0.3 is 10.6 Å². The summed E-state index contributed by atoms with van der Waals surface area (Å²) in [6.45, 7) is 0.644. The lowest BCUT2D eigenvalue weighted by molar-refractivity contribution is -0.125. The molecule has 0 unspecified atom stereocenters. The van der Waals surface area contributed by atoms with E-state index in [1.54, 1.807) is 23.1 Å². The Kier molecular flexibility index (Phi) is 7.69. The van der Waals surface area contributed by atoms with E-state index in [2.05, 4.69) is 22.1 Å². The maximum atomic E-state index is 11.7. The molecular weight excluding hydrogens is 328 g/mol. The van der Waals surface area contributed by atoms with Crippen molar-refractivity contribution in [3.05, 3.63) is 58.3 Å². The number of amides is 2. The third-order valence-electron chi connectivity index (χ3n) is 3.05. The minimum atomic E-state index is -0.150. The van der Waals surface area contributed by atoms with Gasteiger partial charge in [0.2, 0.25) is 11.8 Å². The molecule has 1 aromatic carbocycles. The zero-order chi connectivity index (χ0) is 16.3. The Hall–Kier alpha value is -1.79. The van der Waals surface area contributed by atoms with E-state index >= 15 is 0 Å². The maximum Gasteiger partial charge on any atom is 0.239 e. The number of nitrogens with one attached hydrogen (secondary N) is 2. The van der Waals surface area contributed by atoms with E-state index in [9.17, 15) is 9.59 Å². The molecule has 0 bridgehead atoms. The van der Waals surface area contributed by atoms with Gasteiger partial charge >= 0.3 is 0 Å². The number of hydrogen-bond acceptors (Lipinski definition) is 4. The van der Waals surface area contributed by atoms with Crippen molar-refractivity contribution in [3.8, 4) is 0 Å². The van der Waals surface area contributed by atoms with Gasteiger partial charge in [-0.25, -0.2) is 0 Å². The number of carbonyl (C=O) groups excluding carboxylic acids is 2. The Morgan fingerprint density at radius 1 is 1.00 bits per heavy atom. The molecule has 2 amide bonds. The third kappa shape index (κ3) is 7.34. The minimum absolute atomic E-state index is 0.0290. The first kappa shape index (κ1) is 17.6. The number of hydrogen-bond donors (Lipinski definition) is 2. The highest BCUT2D eigenvalue weighted by molar-refractivity contribution is 7.98. The molecule has 0 fully saturated rings. The van der Waals surface area contributed by atoms with E-state index in [4.69, 9.17) is 0 Å². The van der Waals surface area contributed by atoms with Gasteiger partial charge in [-0.2, -0.15) is 11.8 Å². The number of thioether (sulfide) groups is 1. The lowest BCUT2D eigenvalue weighted by atomic mass is 10.1. The van der Waals surface area contributed by atoms with Gasteiger partial charge in [0.25, 0.3) is 0 Å². The van der Waals surface area contributed by atoms with Crippen molar-refractivity contribution in [2.45, 2.75) is 12.2 Å². The highest BCUT2D eigenvalue weighted by Gasteiger charge is 2.06. The Morgan fingerprint density at radius 2 is 1.83 bits per heavy atom. The molecule has 1 heterocycles. The van der Waals surface area contributed by atoms with Gasteiger partial charge in [0.1, 0.15) is 0 Å². The van der Waals surface area contributed by atoms with Crippen LogP contribution in [0.1, 0.15) is 10.4 Å². The van der Waals surface area contributed by atoms with Crippen molar-refractivity contribution >= 4 is 34.9 Å². The van der Waals surface area contributed by atoms with Crippen LogP contribution < -0.4 is 10.6 Å². The largest absolute Gasteiger partial charge is 0.354 e. The molecular formula is C17H20N2O2S2. The Labute approximate surface area is 144 Å². The second kappa shape index (κ2) is 10.1. The van der Waals surface area contributed by atoms with Crippen LogP contribution >= 0.6 is 23.1 Å². The lowest BCUT2D eigenvalue weighted by Crippen LogP contribution is -2.38. The average molecular weight is 348 g/mol. The second-order valence-electron chi connectivity index (χ2n) is 4.92. The van der Waals surface area contributed by atoms with Crippen molar-refractivity contribution < 1.29 is 9.59 Å². The number of carbonyl (C=O) groups is 2. The molecule has 23 heavy (non-hydrogen) atoms. The van der Waals surface area contributed by atoms with Crippen molar-refractivity contribution in [1.29, 1.82) is 0 Å². The smallest absolute Gasteiger partial charge is 0.239 e. The first-order chi connectivity index (χ1) is 11.2. The van der Waals surface area contributed by atoms with E-state index in [-0.39, 0.29) is 18.4 Å². The first-order valence-electron chi connectivity index (χ1n) is 7.41. The normalized spacial score (nSPS) is 10.3. The van der Waals surface area contributed by atoms with Crippen LogP contribution in [0.4, 0.5) is 0 Å². The van der Waals surface area contributed by atoms with Crippen LogP contribution in [0.5, 0.6) is 0 Å². The van der Waals surface area contributed by atoms with Crippen LogP contribution in [0.25, 0.3) is 0 Å². The van der Waals surface area contributed by atoms with Crippen molar-refractivity contribution in [2.24, 2.45) is 0 Å². The maximum absolute atomic E-state index is 11.7. The van der Waals surface area contributed by atoms with Crippen LogP contribution in [0.3, 0.4) is 0 Å². The first-order valence-corrected chi connectivity index (χ1v) is 9.45.